The summed E-state index contributed by atoms with van der Waals surface area (Å²) in [6, 6.07) is 1.03. The summed E-state index contributed by atoms with van der Waals surface area (Å²) in [4.78, 5) is 17.4. The number of carbonyl (C=O) groups excluding carboxylic acids is 1. The highest BCUT2D eigenvalue weighted by molar-refractivity contribution is 7.90. The quantitative estimate of drug-likeness (QED) is 0.528. The molecule has 0 bridgehead atoms. The fourth-order valence-corrected chi connectivity index (χ4v) is 1.44. The Morgan fingerprint density at radius 3 is 2.50 bits per heavy atom. The zero-order valence-corrected chi connectivity index (χ0v) is 8.56. The minimum Gasteiger partial charge on any atom is -0.266 e. The van der Waals surface area contributed by atoms with Crippen LogP contribution < -0.4 is 5.73 Å². The molecular weight excluding hydrogens is 230 g/mol. The van der Waals surface area contributed by atoms with Crippen LogP contribution in [-0.2, 0) is 9.84 Å². The molecule has 1 amide bonds. The van der Waals surface area contributed by atoms with Gasteiger partial charge in [-0.15, -0.1) is 0 Å². The molecule has 75 valence electrons. The topological polar surface area (TPSA) is 101 Å². The second-order valence-electron chi connectivity index (χ2n) is 2.46. The molecular formula is C6H5ClN3O3S. The lowest BCUT2D eigenvalue weighted by atomic mass is 10.4. The van der Waals surface area contributed by atoms with Crippen molar-refractivity contribution in [1.29, 1.82) is 0 Å². The van der Waals surface area contributed by atoms with Gasteiger partial charge in [0.05, 0.1) is 0 Å². The molecule has 0 aliphatic heterocycles. The first-order valence-corrected chi connectivity index (χ1v) is 5.58. The second kappa shape index (κ2) is 3.50. The Bertz CT molecular complexity index is 485. The van der Waals surface area contributed by atoms with Crippen molar-refractivity contribution < 1.29 is 13.2 Å². The SMILES string of the molecule is CS(=O)(=O)c1nc(Cl)cc(C([NH])=O)n1. The highest BCUT2D eigenvalue weighted by atomic mass is 35.5. The van der Waals surface area contributed by atoms with Gasteiger partial charge < -0.3 is 0 Å². The third kappa shape index (κ3) is 2.39. The summed E-state index contributed by atoms with van der Waals surface area (Å²) >= 11 is 5.45. The van der Waals surface area contributed by atoms with Crippen molar-refractivity contribution in [1.82, 2.24) is 15.7 Å². The van der Waals surface area contributed by atoms with Crippen LogP contribution in [0.2, 0.25) is 5.15 Å². The molecule has 8 heteroatoms. The fourth-order valence-electron chi connectivity index (χ4n) is 0.679. The Morgan fingerprint density at radius 1 is 1.50 bits per heavy atom. The van der Waals surface area contributed by atoms with Gasteiger partial charge in [-0.1, -0.05) is 11.6 Å². The van der Waals surface area contributed by atoms with Gasteiger partial charge >= 0.3 is 0 Å². The summed E-state index contributed by atoms with van der Waals surface area (Å²) in [5, 5.41) is -0.739. The molecule has 0 aliphatic rings. The lowest BCUT2D eigenvalue weighted by Gasteiger charge is -1.99. The van der Waals surface area contributed by atoms with Crippen molar-refractivity contribution in [2.75, 3.05) is 6.26 Å². The van der Waals surface area contributed by atoms with E-state index < -0.39 is 20.9 Å². The van der Waals surface area contributed by atoms with Gasteiger partial charge in [-0.25, -0.2) is 18.4 Å². The Balaban J connectivity index is 3.43. The number of hydrogen-bond donors (Lipinski definition) is 0. The van der Waals surface area contributed by atoms with Crippen LogP contribution in [0.1, 0.15) is 10.5 Å². The van der Waals surface area contributed by atoms with E-state index in [4.69, 9.17) is 17.3 Å². The van der Waals surface area contributed by atoms with E-state index in [0.29, 0.717) is 0 Å². The largest absolute Gasteiger partial charge is 0.288 e. The maximum absolute atomic E-state index is 11.0. The van der Waals surface area contributed by atoms with E-state index in [0.717, 1.165) is 12.3 Å². The first kappa shape index (κ1) is 10.9. The number of halogens is 1. The highest BCUT2D eigenvalue weighted by Crippen LogP contribution is 2.10. The molecule has 0 aliphatic carbocycles. The van der Waals surface area contributed by atoms with E-state index in [-0.39, 0.29) is 10.8 Å². The van der Waals surface area contributed by atoms with Crippen LogP contribution in [0.5, 0.6) is 0 Å². The van der Waals surface area contributed by atoms with Crippen LogP contribution in [0.4, 0.5) is 0 Å². The van der Waals surface area contributed by atoms with Crippen LogP contribution in [0.25, 0.3) is 0 Å². The number of carbonyl (C=O) groups is 1. The molecule has 0 saturated heterocycles. The molecule has 0 aromatic carbocycles. The first-order chi connectivity index (χ1) is 6.30. The number of nitrogens with one attached hydrogen (secondary N) is 1. The Hall–Kier alpha value is -1.21. The van der Waals surface area contributed by atoms with Crippen molar-refractivity contribution in [3.05, 3.63) is 16.9 Å². The summed E-state index contributed by atoms with van der Waals surface area (Å²) in [6.45, 7) is 0. The van der Waals surface area contributed by atoms with Crippen molar-refractivity contribution in [2.24, 2.45) is 0 Å². The average molecular weight is 235 g/mol. The van der Waals surface area contributed by atoms with Crippen LogP contribution in [0, 0.1) is 0 Å². The maximum Gasteiger partial charge on any atom is 0.288 e. The van der Waals surface area contributed by atoms with E-state index in [1.54, 1.807) is 0 Å². The molecule has 1 radical (unpaired) electrons. The second-order valence-corrected chi connectivity index (χ2v) is 4.76. The van der Waals surface area contributed by atoms with Gasteiger partial charge in [-0.3, -0.25) is 10.5 Å². The molecule has 1 aromatic heterocycles. The van der Waals surface area contributed by atoms with Crippen molar-refractivity contribution in [3.63, 3.8) is 0 Å². The van der Waals surface area contributed by atoms with Crippen molar-refractivity contribution in [2.45, 2.75) is 5.16 Å². The molecule has 0 atom stereocenters. The molecule has 6 nitrogen and oxygen atoms in total. The van der Waals surface area contributed by atoms with Crippen LogP contribution in [0.3, 0.4) is 0 Å². The summed E-state index contributed by atoms with van der Waals surface area (Å²) in [5.74, 6) is -1.11. The van der Waals surface area contributed by atoms with Crippen LogP contribution in [-0.4, -0.2) is 30.5 Å². The number of nitrogens with zero attached hydrogens (tertiary/aromatic N) is 2. The minimum absolute atomic E-state index is 0.184. The van der Waals surface area contributed by atoms with Crippen molar-refractivity contribution in [3.8, 4) is 0 Å². The van der Waals surface area contributed by atoms with Gasteiger partial charge in [0.15, 0.2) is 0 Å². The zero-order valence-electron chi connectivity index (χ0n) is 6.98. The van der Waals surface area contributed by atoms with Crippen LogP contribution >= 0.6 is 11.6 Å². The Morgan fingerprint density at radius 2 is 2.07 bits per heavy atom. The number of rotatable bonds is 2. The third-order valence-electron chi connectivity index (χ3n) is 1.24. The summed E-state index contributed by atoms with van der Waals surface area (Å²) < 4.78 is 22.0. The van der Waals surface area contributed by atoms with E-state index >= 15 is 0 Å². The predicted molar refractivity (Wildman–Crippen MR) is 47.6 cm³/mol. The lowest BCUT2D eigenvalue weighted by Crippen LogP contribution is -2.10. The van der Waals surface area contributed by atoms with Gasteiger partial charge in [0.1, 0.15) is 10.8 Å². The van der Waals surface area contributed by atoms with E-state index in [9.17, 15) is 13.2 Å². The molecule has 1 N–H and O–H groups in total. The molecule has 1 aromatic rings. The van der Waals surface area contributed by atoms with Gasteiger partial charge in [0.2, 0.25) is 15.0 Å². The van der Waals surface area contributed by atoms with E-state index in [2.05, 4.69) is 9.97 Å². The zero-order chi connectivity index (χ0) is 10.9. The third-order valence-corrected chi connectivity index (χ3v) is 2.28. The van der Waals surface area contributed by atoms with Gasteiger partial charge in [0, 0.05) is 12.3 Å². The maximum atomic E-state index is 11.0. The highest BCUT2D eigenvalue weighted by Gasteiger charge is 2.15. The van der Waals surface area contributed by atoms with E-state index in [1.165, 1.54) is 0 Å². The predicted octanol–water partition coefficient (Wildman–Crippen LogP) is -0.0434. The molecule has 0 spiro atoms. The number of sulfone groups is 1. The molecule has 1 rings (SSSR count). The molecule has 14 heavy (non-hydrogen) atoms. The van der Waals surface area contributed by atoms with Gasteiger partial charge in [0.25, 0.3) is 5.91 Å². The fraction of sp³-hybridized carbons (Fsp3) is 0.167. The summed E-state index contributed by atoms with van der Waals surface area (Å²) in [6.07, 6.45) is 0.886. The lowest BCUT2D eigenvalue weighted by molar-refractivity contribution is 0.0986. The minimum atomic E-state index is -3.62. The molecule has 0 saturated carbocycles. The van der Waals surface area contributed by atoms with Gasteiger partial charge in [-0.2, -0.15) is 0 Å². The molecule has 1 heterocycles. The van der Waals surface area contributed by atoms with Crippen LogP contribution in [0.15, 0.2) is 11.2 Å². The smallest absolute Gasteiger partial charge is 0.266 e. The van der Waals surface area contributed by atoms with Crippen molar-refractivity contribution >= 4 is 27.3 Å². The molecule has 0 fully saturated rings. The number of aromatic nitrogens is 2. The summed E-state index contributed by atoms with van der Waals surface area (Å²) in [5.41, 5.74) is 6.39. The molecule has 0 unspecified atom stereocenters. The Labute approximate surface area is 85.0 Å². The average Bonchev–Trinajstić information content (AvgIpc) is 2.01. The Kier molecular flexibility index (Phi) is 2.72. The first-order valence-electron chi connectivity index (χ1n) is 3.31. The van der Waals surface area contributed by atoms with Gasteiger partial charge in [-0.05, 0) is 0 Å². The monoisotopic (exact) mass is 234 g/mol. The number of amides is 1. The standard InChI is InChI=1S/C6H5ClN3O3S/c1-14(12,13)6-9-3(5(8)11)2-4(7)10-6/h2,8H,1H3. The number of hydrogen-bond acceptors (Lipinski definition) is 5. The summed E-state index contributed by atoms with van der Waals surface area (Å²) in [7, 11) is -3.62. The normalized spacial score (nSPS) is 11.3. The van der Waals surface area contributed by atoms with E-state index in [1.807, 2.05) is 0 Å².